The van der Waals surface area contributed by atoms with Gasteiger partial charge >= 0.3 is 6.18 Å². The minimum Gasteiger partial charge on any atom is -0.507 e. The number of aliphatic imine (C=N–C) groups is 1. The van der Waals surface area contributed by atoms with Gasteiger partial charge in [0.05, 0.1) is 11.3 Å². The van der Waals surface area contributed by atoms with Crippen LogP contribution in [0.15, 0.2) is 65.7 Å². The van der Waals surface area contributed by atoms with Crippen molar-refractivity contribution in [2.75, 3.05) is 0 Å². The first kappa shape index (κ1) is 15.1. The van der Waals surface area contributed by atoms with Gasteiger partial charge in [0.25, 0.3) is 0 Å². The molecule has 0 bridgehead atoms. The Morgan fingerprint density at radius 1 is 0.870 bits per heavy atom. The predicted octanol–water partition coefficient (Wildman–Crippen LogP) is 5.31. The van der Waals surface area contributed by atoms with Crippen LogP contribution >= 0.6 is 0 Å². The van der Waals surface area contributed by atoms with E-state index in [9.17, 15) is 18.3 Å². The number of alkyl halides is 3. The lowest BCUT2D eigenvalue weighted by atomic mass is 10.0. The molecular formula is C18H12F3NO. The molecule has 5 heteroatoms. The fraction of sp³-hybridized carbons (Fsp3) is 0.0556. The molecule has 0 heterocycles. The Morgan fingerprint density at radius 2 is 1.57 bits per heavy atom. The van der Waals surface area contributed by atoms with Crippen LogP contribution in [0.2, 0.25) is 0 Å². The minimum absolute atomic E-state index is 0.0306. The normalized spacial score (nSPS) is 12.1. The van der Waals surface area contributed by atoms with Crippen molar-refractivity contribution in [3.63, 3.8) is 0 Å². The van der Waals surface area contributed by atoms with Crippen LogP contribution in [0, 0.1) is 0 Å². The van der Waals surface area contributed by atoms with Crippen LogP contribution in [0.4, 0.5) is 18.9 Å². The Hall–Kier alpha value is -2.82. The van der Waals surface area contributed by atoms with E-state index in [1.165, 1.54) is 30.5 Å². The molecule has 0 spiro atoms. The van der Waals surface area contributed by atoms with Crippen LogP contribution in [-0.2, 0) is 6.18 Å². The fourth-order valence-electron chi connectivity index (χ4n) is 2.38. The van der Waals surface area contributed by atoms with Gasteiger partial charge in [0.2, 0.25) is 0 Å². The van der Waals surface area contributed by atoms with Crippen molar-refractivity contribution in [1.82, 2.24) is 0 Å². The van der Waals surface area contributed by atoms with Crippen molar-refractivity contribution in [1.29, 1.82) is 0 Å². The Balaban J connectivity index is 2.10. The lowest BCUT2D eigenvalue weighted by Crippen LogP contribution is -2.04. The number of nitrogens with zero attached hydrogens (tertiary/aromatic N) is 1. The highest BCUT2D eigenvalue weighted by Gasteiger charge is 2.33. The number of para-hydroxylation sites is 1. The molecule has 3 aromatic carbocycles. The lowest BCUT2D eigenvalue weighted by molar-refractivity contribution is -0.137. The summed E-state index contributed by atoms with van der Waals surface area (Å²) in [6.07, 6.45) is -3.21. The third-order valence-corrected chi connectivity index (χ3v) is 3.49. The first-order valence-corrected chi connectivity index (χ1v) is 6.88. The second kappa shape index (κ2) is 5.76. The summed E-state index contributed by atoms with van der Waals surface area (Å²) < 4.78 is 38.9. The summed E-state index contributed by atoms with van der Waals surface area (Å²) in [6, 6.07) is 15.6. The van der Waals surface area contributed by atoms with Crippen molar-refractivity contribution in [3.05, 3.63) is 71.8 Å². The molecule has 0 aliphatic heterocycles. The minimum atomic E-state index is -4.48. The van der Waals surface area contributed by atoms with E-state index < -0.39 is 11.7 Å². The van der Waals surface area contributed by atoms with Gasteiger partial charge in [0.15, 0.2) is 0 Å². The van der Waals surface area contributed by atoms with E-state index in [-0.39, 0.29) is 11.4 Å². The number of hydrogen-bond donors (Lipinski definition) is 1. The van der Waals surface area contributed by atoms with E-state index in [1.54, 1.807) is 18.2 Å². The number of hydrogen-bond acceptors (Lipinski definition) is 2. The van der Waals surface area contributed by atoms with E-state index in [2.05, 4.69) is 4.99 Å². The molecule has 3 aromatic rings. The number of fused-ring (bicyclic) bond motifs is 1. The molecule has 0 saturated carbocycles. The Bertz CT molecular complexity index is 885. The quantitative estimate of drug-likeness (QED) is 0.638. The summed E-state index contributed by atoms with van der Waals surface area (Å²) in [6.45, 7) is 0. The van der Waals surface area contributed by atoms with Crippen molar-refractivity contribution >= 4 is 22.7 Å². The van der Waals surface area contributed by atoms with E-state index in [4.69, 9.17) is 0 Å². The number of aromatic hydroxyl groups is 1. The first-order chi connectivity index (χ1) is 11.0. The molecule has 0 saturated heterocycles. The maximum Gasteiger partial charge on any atom is 0.418 e. The molecule has 3 rings (SSSR count). The van der Waals surface area contributed by atoms with Crippen LogP contribution in [0.5, 0.6) is 5.75 Å². The third kappa shape index (κ3) is 3.04. The maximum absolute atomic E-state index is 13.0. The molecular weight excluding hydrogens is 303 g/mol. The van der Waals surface area contributed by atoms with E-state index in [0.717, 1.165) is 16.8 Å². The molecule has 0 amide bonds. The van der Waals surface area contributed by atoms with E-state index >= 15 is 0 Å². The molecule has 2 nitrogen and oxygen atoms in total. The Labute approximate surface area is 130 Å². The Kier molecular flexibility index (Phi) is 3.78. The van der Waals surface area contributed by atoms with E-state index in [1.807, 2.05) is 12.1 Å². The van der Waals surface area contributed by atoms with Gasteiger partial charge in [-0.1, -0.05) is 42.5 Å². The number of phenols is 1. The zero-order valence-corrected chi connectivity index (χ0v) is 11.9. The molecule has 0 unspecified atom stereocenters. The third-order valence-electron chi connectivity index (χ3n) is 3.49. The van der Waals surface area contributed by atoms with Gasteiger partial charge in [-0.25, -0.2) is 0 Å². The number of phenolic OH excluding ortho intramolecular Hbond substituents is 1. The zero-order chi connectivity index (χ0) is 16.4. The number of benzene rings is 3. The zero-order valence-electron chi connectivity index (χ0n) is 11.9. The highest BCUT2D eigenvalue weighted by Crippen LogP contribution is 2.36. The number of halogens is 3. The SMILES string of the molecule is Oc1ccc2ccccc2c1C=Nc1ccccc1C(F)(F)F. The van der Waals surface area contributed by atoms with E-state index in [0.29, 0.717) is 5.56 Å². The van der Waals surface area contributed by atoms with Crippen molar-refractivity contribution < 1.29 is 18.3 Å². The molecule has 0 aromatic heterocycles. The largest absolute Gasteiger partial charge is 0.507 e. The maximum atomic E-state index is 13.0. The topological polar surface area (TPSA) is 32.6 Å². The fourth-order valence-corrected chi connectivity index (χ4v) is 2.38. The van der Waals surface area contributed by atoms with Crippen molar-refractivity contribution in [2.45, 2.75) is 6.18 Å². The molecule has 1 N–H and O–H groups in total. The van der Waals surface area contributed by atoms with Gasteiger partial charge in [0.1, 0.15) is 5.75 Å². The first-order valence-electron chi connectivity index (χ1n) is 6.88. The predicted molar refractivity (Wildman–Crippen MR) is 84.3 cm³/mol. The molecule has 0 aliphatic rings. The standard InChI is InChI=1S/C18H12F3NO/c19-18(20,21)15-7-3-4-8-16(15)22-11-14-13-6-2-1-5-12(13)9-10-17(14)23/h1-11,23H. The molecule has 23 heavy (non-hydrogen) atoms. The highest BCUT2D eigenvalue weighted by molar-refractivity contribution is 6.03. The summed E-state index contributed by atoms with van der Waals surface area (Å²) >= 11 is 0. The van der Waals surface area contributed by atoms with Gasteiger partial charge < -0.3 is 5.11 Å². The molecule has 0 aliphatic carbocycles. The summed E-state index contributed by atoms with van der Waals surface area (Å²) in [5.74, 6) is -0.0306. The summed E-state index contributed by atoms with van der Waals surface area (Å²) in [5, 5.41) is 11.6. The van der Waals surface area contributed by atoms with Crippen molar-refractivity contribution in [2.24, 2.45) is 4.99 Å². The second-order valence-corrected chi connectivity index (χ2v) is 4.99. The van der Waals surface area contributed by atoms with Gasteiger partial charge in [-0.05, 0) is 29.0 Å². The highest BCUT2D eigenvalue weighted by atomic mass is 19.4. The summed E-state index contributed by atoms with van der Waals surface area (Å²) in [5.41, 5.74) is -0.608. The van der Waals surface area contributed by atoms with Crippen LogP contribution in [0.25, 0.3) is 10.8 Å². The summed E-state index contributed by atoms with van der Waals surface area (Å²) in [7, 11) is 0. The molecule has 0 radical (unpaired) electrons. The van der Waals surface area contributed by atoms with Gasteiger partial charge in [-0.15, -0.1) is 0 Å². The lowest BCUT2D eigenvalue weighted by Gasteiger charge is -2.09. The van der Waals surface area contributed by atoms with Crippen LogP contribution in [-0.4, -0.2) is 11.3 Å². The van der Waals surface area contributed by atoms with Crippen LogP contribution in [0.3, 0.4) is 0 Å². The monoisotopic (exact) mass is 315 g/mol. The number of rotatable bonds is 2. The second-order valence-electron chi connectivity index (χ2n) is 4.99. The average molecular weight is 315 g/mol. The van der Waals surface area contributed by atoms with Crippen LogP contribution in [0.1, 0.15) is 11.1 Å². The smallest absolute Gasteiger partial charge is 0.418 e. The van der Waals surface area contributed by atoms with Crippen molar-refractivity contribution in [3.8, 4) is 5.75 Å². The summed E-state index contributed by atoms with van der Waals surface area (Å²) in [4.78, 5) is 3.95. The van der Waals surface area contributed by atoms with Gasteiger partial charge in [-0.2, -0.15) is 13.2 Å². The van der Waals surface area contributed by atoms with Gasteiger partial charge in [-0.3, -0.25) is 4.99 Å². The molecule has 0 atom stereocenters. The molecule has 116 valence electrons. The van der Waals surface area contributed by atoms with Gasteiger partial charge in [0, 0.05) is 11.8 Å². The van der Waals surface area contributed by atoms with Crippen LogP contribution < -0.4 is 0 Å². The average Bonchev–Trinajstić information content (AvgIpc) is 2.53. The molecule has 0 fully saturated rings. The Morgan fingerprint density at radius 3 is 2.35 bits per heavy atom.